The average molecular weight is 516 g/mol. The molecule has 2 aliphatic heterocycles. The number of hydrogen-bond acceptors (Lipinski definition) is 7. The van der Waals surface area contributed by atoms with E-state index in [1.54, 1.807) is 6.07 Å². The van der Waals surface area contributed by atoms with Gasteiger partial charge in [-0.05, 0) is 38.1 Å². The lowest BCUT2D eigenvalue weighted by Crippen LogP contribution is -2.53. The summed E-state index contributed by atoms with van der Waals surface area (Å²) in [7, 11) is 3.98. The number of aromatic nitrogens is 2. The summed E-state index contributed by atoms with van der Waals surface area (Å²) >= 11 is 0. The molecule has 1 aromatic heterocycles. The Labute approximate surface area is 221 Å². The monoisotopic (exact) mass is 515 g/mol. The van der Waals surface area contributed by atoms with Crippen molar-refractivity contribution in [2.75, 3.05) is 63.4 Å². The molecule has 0 bridgehead atoms. The number of nitrogens with one attached hydrogen (secondary N) is 1. The van der Waals surface area contributed by atoms with E-state index in [1.807, 2.05) is 36.3 Å². The minimum atomic E-state index is -0.631. The first kappa shape index (κ1) is 24.6. The maximum absolute atomic E-state index is 13.9. The highest BCUT2D eigenvalue weighted by atomic mass is 16.5. The van der Waals surface area contributed by atoms with E-state index in [9.17, 15) is 9.59 Å². The Morgan fingerprint density at radius 3 is 2.45 bits per heavy atom. The second-order valence-electron chi connectivity index (χ2n) is 10.3. The molecular formula is C28H33N7O3. The summed E-state index contributed by atoms with van der Waals surface area (Å²) in [6.07, 6.45) is 1.56. The van der Waals surface area contributed by atoms with Crippen LogP contribution in [0.1, 0.15) is 28.8 Å². The van der Waals surface area contributed by atoms with Crippen LogP contribution in [-0.4, -0.2) is 91.5 Å². The van der Waals surface area contributed by atoms with Crippen LogP contribution in [0.15, 0.2) is 42.5 Å². The summed E-state index contributed by atoms with van der Waals surface area (Å²) in [5.41, 5.74) is 11.4. The van der Waals surface area contributed by atoms with Crippen LogP contribution < -0.4 is 15.6 Å². The molecule has 10 nitrogen and oxygen atoms in total. The number of ether oxygens (including phenoxy) is 1. The van der Waals surface area contributed by atoms with Gasteiger partial charge in [-0.3, -0.25) is 9.89 Å². The third-order valence-corrected chi connectivity index (χ3v) is 8.01. The number of nitrogens with two attached hydrogens (primary N) is 1. The number of H-pyrrole nitrogens is 1. The molecule has 3 N–H and O–H groups in total. The lowest BCUT2D eigenvalue weighted by atomic mass is 10.0. The first-order valence-corrected chi connectivity index (χ1v) is 13.1. The van der Waals surface area contributed by atoms with E-state index in [1.165, 1.54) is 10.7 Å². The summed E-state index contributed by atoms with van der Waals surface area (Å²) in [5, 5.41) is 10.9. The number of benzene rings is 2. The number of carbonyl (C=O) groups is 2. The largest absolute Gasteiger partial charge is 0.381 e. The third kappa shape index (κ3) is 4.14. The molecule has 3 aliphatic rings. The van der Waals surface area contributed by atoms with E-state index in [0.29, 0.717) is 41.4 Å². The predicted octanol–water partition coefficient (Wildman–Crippen LogP) is 2.95. The molecule has 3 heterocycles. The number of hydrazine groups is 1. The molecule has 3 aromatic rings. The number of piperazine rings is 1. The lowest BCUT2D eigenvalue weighted by molar-refractivity contribution is 0.0419. The second-order valence-corrected chi connectivity index (χ2v) is 10.3. The standard InChI is InChI=1S/C28H33N7O3/c1-32-12-14-34(15-13-32)20-8-6-18(7-9-20)25-24-26(31-30-25)21-4-3-5-22(23(21)27(24)36)35(28(29)37)33(2)19-10-16-38-17-11-19/h3-9,19H,10-17H2,1-2H3,(H2,29,37)(H,30,31). The fourth-order valence-electron chi connectivity index (χ4n) is 5.82. The van der Waals surface area contributed by atoms with Gasteiger partial charge in [-0.25, -0.2) is 14.8 Å². The van der Waals surface area contributed by atoms with Crippen molar-refractivity contribution in [3.63, 3.8) is 0 Å². The summed E-state index contributed by atoms with van der Waals surface area (Å²) in [6.45, 7) is 5.30. The fraction of sp³-hybridized carbons (Fsp3) is 0.393. The number of likely N-dealkylation sites (N-methyl/N-ethyl adjacent to an activating group) is 1. The fourth-order valence-corrected chi connectivity index (χ4v) is 5.82. The number of urea groups is 1. The molecule has 38 heavy (non-hydrogen) atoms. The van der Waals surface area contributed by atoms with E-state index in [-0.39, 0.29) is 11.8 Å². The average Bonchev–Trinajstić information content (AvgIpc) is 3.50. The summed E-state index contributed by atoms with van der Waals surface area (Å²) in [5.74, 6) is -0.163. The summed E-state index contributed by atoms with van der Waals surface area (Å²) in [6, 6.07) is 13.2. The van der Waals surface area contributed by atoms with Gasteiger partial charge in [-0.1, -0.05) is 24.3 Å². The molecule has 6 rings (SSSR count). The normalized spacial score (nSPS) is 18.1. The first-order chi connectivity index (χ1) is 18.4. The first-order valence-electron chi connectivity index (χ1n) is 13.1. The van der Waals surface area contributed by atoms with Crippen molar-refractivity contribution < 1.29 is 14.3 Å². The van der Waals surface area contributed by atoms with Gasteiger partial charge in [-0.2, -0.15) is 5.10 Å². The molecule has 1 aliphatic carbocycles. The molecule has 0 saturated carbocycles. The van der Waals surface area contributed by atoms with Crippen molar-refractivity contribution >= 4 is 23.2 Å². The summed E-state index contributed by atoms with van der Waals surface area (Å²) in [4.78, 5) is 31.4. The van der Waals surface area contributed by atoms with E-state index in [0.717, 1.165) is 50.1 Å². The zero-order valence-electron chi connectivity index (χ0n) is 21.8. The topological polar surface area (TPSA) is 111 Å². The van der Waals surface area contributed by atoms with Crippen LogP contribution in [0.25, 0.3) is 22.5 Å². The molecule has 2 fully saturated rings. The maximum atomic E-state index is 13.9. The van der Waals surface area contributed by atoms with Crippen molar-refractivity contribution in [1.82, 2.24) is 20.1 Å². The highest BCUT2D eigenvalue weighted by Crippen LogP contribution is 2.44. The van der Waals surface area contributed by atoms with Gasteiger partial charge in [0.2, 0.25) is 0 Å². The Morgan fingerprint density at radius 1 is 1.05 bits per heavy atom. The third-order valence-electron chi connectivity index (χ3n) is 8.01. The van der Waals surface area contributed by atoms with Gasteiger partial charge in [0.1, 0.15) is 5.69 Å². The Bertz CT molecular complexity index is 1360. The minimum Gasteiger partial charge on any atom is -0.381 e. The highest BCUT2D eigenvalue weighted by molar-refractivity contribution is 6.27. The zero-order chi connectivity index (χ0) is 26.4. The molecule has 2 aromatic carbocycles. The van der Waals surface area contributed by atoms with Gasteiger partial charge >= 0.3 is 6.03 Å². The zero-order valence-corrected chi connectivity index (χ0v) is 21.8. The molecule has 0 spiro atoms. The number of primary amides is 1. The van der Waals surface area contributed by atoms with Crippen LogP contribution in [0.5, 0.6) is 0 Å². The van der Waals surface area contributed by atoms with Crippen molar-refractivity contribution in [3.8, 4) is 22.5 Å². The van der Waals surface area contributed by atoms with Gasteiger partial charge in [0.25, 0.3) is 0 Å². The van der Waals surface area contributed by atoms with Gasteiger partial charge in [0, 0.05) is 69.3 Å². The van der Waals surface area contributed by atoms with Crippen LogP contribution in [0.3, 0.4) is 0 Å². The number of rotatable bonds is 5. The minimum absolute atomic E-state index is 0.0810. The van der Waals surface area contributed by atoms with Gasteiger partial charge in [0.05, 0.1) is 22.5 Å². The molecule has 2 saturated heterocycles. The Hall–Kier alpha value is -3.73. The smallest absolute Gasteiger partial charge is 0.334 e. The van der Waals surface area contributed by atoms with Crippen LogP contribution in [0.2, 0.25) is 0 Å². The number of carbonyl (C=O) groups excluding carboxylic acids is 2. The number of amides is 2. The van der Waals surface area contributed by atoms with Crippen LogP contribution in [-0.2, 0) is 4.74 Å². The van der Waals surface area contributed by atoms with E-state index in [4.69, 9.17) is 10.5 Å². The number of aromatic amines is 1. The predicted molar refractivity (Wildman–Crippen MR) is 146 cm³/mol. The Balaban J connectivity index is 1.32. The summed E-state index contributed by atoms with van der Waals surface area (Å²) < 4.78 is 5.49. The maximum Gasteiger partial charge on any atom is 0.334 e. The van der Waals surface area contributed by atoms with Crippen LogP contribution >= 0.6 is 0 Å². The van der Waals surface area contributed by atoms with E-state index in [2.05, 4.69) is 39.2 Å². The molecular weight excluding hydrogens is 482 g/mol. The lowest BCUT2D eigenvalue weighted by Gasteiger charge is -2.38. The molecule has 10 heteroatoms. The van der Waals surface area contributed by atoms with E-state index >= 15 is 0 Å². The highest BCUT2D eigenvalue weighted by Gasteiger charge is 2.38. The number of fused-ring (bicyclic) bond motifs is 3. The molecule has 198 valence electrons. The SMILES string of the molecule is CN1CCN(c2ccc(-c3n[nH]c4c3C(=O)c3c-4cccc3N(C(N)=O)N(C)C3CCOCC3)cc2)CC1. The van der Waals surface area contributed by atoms with Crippen molar-refractivity contribution in [1.29, 1.82) is 0 Å². The van der Waals surface area contributed by atoms with Crippen molar-refractivity contribution in [2.45, 2.75) is 18.9 Å². The van der Waals surface area contributed by atoms with Gasteiger partial charge in [0.15, 0.2) is 5.78 Å². The van der Waals surface area contributed by atoms with E-state index < -0.39 is 6.03 Å². The number of nitrogens with zero attached hydrogens (tertiary/aromatic N) is 5. The number of ketones is 1. The van der Waals surface area contributed by atoms with Crippen LogP contribution in [0.4, 0.5) is 16.2 Å². The molecule has 2 amide bonds. The number of anilines is 2. The molecule has 0 atom stereocenters. The van der Waals surface area contributed by atoms with Gasteiger partial charge < -0.3 is 20.3 Å². The second kappa shape index (κ2) is 9.86. The van der Waals surface area contributed by atoms with Crippen LogP contribution in [0, 0.1) is 0 Å². The van der Waals surface area contributed by atoms with Crippen molar-refractivity contribution in [2.24, 2.45) is 5.73 Å². The molecule has 0 unspecified atom stereocenters. The quantitative estimate of drug-likeness (QED) is 0.393. The number of hydrogen-bond donors (Lipinski definition) is 2. The Morgan fingerprint density at radius 2 is 1.76 bits per heavy atom. The van der Waals surface area contributed by atoms with Gasteiger partial charge in [-0.15, -0.1) is 0 Å². The molecule has 0 radical (unpaired) electrons. The Kier molecular flexibility index (Phi) is 6.38. The van der Waals surface area contributed by atoms with Crippen molar-refractivity contribution in [3.05, 3.63) is 53.6 Å².